The molecule has 1 aromatic carbocycles. The minimum atomic E-state index is -0.0950. The van der Waals surface area contributed by atoms with Gasteiger partial charge in [0, 0.05) is 31.7 Å². The van der Waals surface area contributed by atoms with E-state index in [1.54, 1.807) is 6.07 Å². The number of carbonyl (C=O) groups excluding carboxylic acids is 2. The van der Waals surface area contributed by atoms with Crippen LogP contribution >= 0.6 is 0 Å². The van der Waals surface area contributed by atoms with E-state index in [0.717, 1.165) is 50.9 Å². The summed E-state index contributed by atoms with van der Waals surface area (Å²) in [7, 11) is 0. The van der Waals surface area contributed by atoms with Crippen LogP contribution in [0.1, 0.15) is 48.0 Å². The van der Waals surface area contributed by atoms with E-state index in [9.17, 15) is 9.59 Å². The maximum Gasteiger partial charge on any atom is 0.251 e. The van der Waals surface area contributed by atoms with Crippen molar-refractivity contribution in [2.24, 2.45) is 5.92 Å². The molecule has 2 heterocycles. The van der Waals surface area contributed by atoms with Crippen molar-refractivity contribution in [2.45, 2.75) is 44.8 Å². The highest BCUT2D eigenvalue weighted by Crippen LogP contribution is 2.14. The van der Waals surface area contributed by atoms with E-state index in [4.69, 9.17) is 4.74 Å². The van der Waals surface area contributed by atoms with Crippen molar-refractivity contribution in [3.8, 4) is 0 Å². The molecule has 1 aromatic rings. The predicted octanol–water partition coefficient (Wildman–Crippen LogP) is 1.60. The maximum absolute atomic E-state index is 12.3. The predicted molar refractivity (Wildman–Crippen MR) is 99.8 cm³/mol. The molecule has 2 aliphatic rings. The third kappa shape index (κ3) is 5.81. The van der Waals surface area contributed by atoms with E-state index < -0.39 is 0 Å². The molecule has 26 heavy (non-hydrogen) atoms. The van der Waals surface area contributed by atoms with Gasteiger partial charge in [0.15, 0.2) is 0 Å². The smallest absolute Gasteiger partial charge is 0.251 e. The quantitative estimate of drug-likeness (QED) is 0.659. The number of carbonyl (C=O) groups is 2. The molecule has 0 bridgehead atoms. The maximum atomic E-state index is 12.3. The summed E-state index contributed by atoms with van der Waals surface area (Å²) in [6, 6.07) is 7.42. The number of hydrogen-bond donors (Lipinski definition) is 3. The summed E-state index contributed by atoms with van der Waals surface area (Å²) in [4.78, 5) is 24.3. The van der Waals surface area contributed by atoms with Crippen molar-refractivity contribution in [3.63, 3.8) is 0 Å². The van der Waals surface area contributed by atoms with Gasteiger partial charge >= 0.3 is 0 Å². The zero-order chi connectivity index (χ0) is 18.2. The Morgan fingerprint density at radius 3 is 2.92 bits per heavy atom. The van der Waals surface area contributed by atoms with Crippen LogP contribution in [0.15, 0.2) is 24.3 Å². The molecule has 2 unspecified atom stereocenters. The van der Waals surface area contributed by atoms with Crippen molar-refractivity contribution in [3.05, 3.63) is 35.4 Å². The fraction of sp³-hybridized carbons (Fsp3) is 0.600. The van der Waals surface area contributed by atoms with E-state index in [1.807, 2.05) is 18.2 Å². The van der Waals surface area contributed by atoms with Gasteiger partial charge in [-0.15, -0.1) is 0 Å². The molecule has 2 atom stereocenters. The molecule has 6 heteroatoms. The summed E-state index contributed by atoms with van der Waals surface area (Å²) in [5.41, 5.74) is 1.55. The molecule has 0 aromatic heterocycles. The Morgan fingerprint density at radius 1 is 1.23 bits per heavy atom. The second-order valence-corrected chi connectivity index (χ2v) is 7.22. The number of amides is 2. The molecular formula is C20H29N3O3. The molecule has 2 aliphatic heterocycles. The summed E-state index contributed by atoms with van der Waals surface area (Å²) in [6.45, 7) is 3.88. The van der Waals surface area contributed by atoms with Crippen molar-refractivity contribution >= 4 is 11.8 Å². The largest absolute Gasteiger partial charge is 0.376 e. The first-order valence-electron chi connectivity index (χ1n) is 9.67. The minimum Gasteiger partial charge on any atom is -0.376 e. The van der Waals surface area contributed by atoms with Crippen molar-refractivity contribution in [2.75, 3.05) is 26.2 Å². The summed E-state index contributed by atoms with van der Waals surface area (Å²) >= 11 is 0. The first-order chi connectivity index (χ1) is 12.7. The molecule has 3 rings (SSSR count). The zero-order valence-corrected chi connectivity index (χ0v) is 15.3. The van der Waals surface area contributed by atoms with Gasteiger partial charge in [-0.05, 0) is 62.4 Å². The molecule has 6 nitrogen and oxygen atoms in total. The molecule has 2 saturated heterocycles. The van der Waals surface area contributed by atoms with Gasteiger partial charge in [-0.3, -0.25) is 9.59 Å². The average molecular weight is 359 g/mol. The fourth-order valence-electron chi connectivity index (χ4n) is 3.52. The minimum absolute atomic E-state index is 0.0742. The molecule has 0 radical (unpaired) electrons. The van der Waals surface area contributed by atoms with Crippen LogP contribution in [0.4, 0.5) is 0 Å². The van der Waals surface area contributed by atoms with Crippen molar-refractivity contribution < 1.29 is 14.3 Å². The van der Waals surface area contributed by atoms with Gasteiger partial charge in [-0.2, -0.15) is 0 Å². The molecule has 142 valence electrons. The second kappa shape index (κ2) is 9.69. The molecule has 0 spiro atoms. The third-order valence-electron chi connectivity index (χ3n) is 5.14. The molecule has 3 N–H and O–H groups in total. The highest BCUT2D eigenvalue weighted by molar-refractivity contribution is 5.94. The van der Waals surface area contributed by atoms with E-state index in [2.05, 4.69) is 16.0 Å². The number of ether oxygens (including phenoxy) is 1. The lowest BCUT2D eigenvalue weighted by atomic mass is 10.0. The molecule has 2 fully saturated rings. The standard InChI is InChI=1S/C20H29N3O3/c24-19(7-6-15-8-9-21-12-15)22-13-16-3-1-4-17(11-16)20(25)23-14-18-5-2-10-26-18/h1,3-4,11,15,18,21H,2,5-10,12-14H2,(H,22,24)(H,23,25). The highest BCUT2D eigenvalue weighted by Gasteiger charge is 2.17. The van der Waals surface area contributed by atoms with E-state index in [-0.39, 0.29) is 17.9 Å². The summed E-state index contributed by atoms with van der Waals surface area (Å²) in [6.07, 6.45) is 4.86. The summed E-state index contributed by atoms with van der Waals surface area (Å²) in [5, 5.41) is 9.20. The Hall–Kier alpha value is -1.92. The zero-order valence-electron chi connectivity index (χ0n) is 15.3. The van der Waals surface area contributed by atoms with Gasteiger partial charge in [0.1, 0.15) is 0 Å². The molecular weight excluding hydrogens is 330 g/mol. The van der Waals surface area contributed by atoms with Crippen molar-refractivity contribution in [1.82, 2.24) is 16.0 Å². The van der Waals surface area contributed by atoms with E-state index in [1.165, 1.54) is 0 Å². The summed E-state index contributed by atoms with van der Waals surface area (Å²) in [5.74, 6) is 0.601. The van der Waals surface area contributed by atoms with Gasteiger partial charge in [-0.1, -0.05) is 12.1 Å². The Kier molecular flexibility index (Phi) is 7.03. The Labute approximate surface area is 155 Å². The van der Waals surface area contributed by atoms with Crippen LogP contribution in [0.25, 0.3) is 0 Å². The van der Waals surface area contributed by atoms with Crippen LogP contribution in [-0.4, -0.2) is 44.2 Å². The van der Waals surface area contributed by atoms with Crippen LogP contribution in [0, 0.1) is 5.92 Å². The van der Waals surface area contributed by atoms with Crippen LogP contribution in [-0.2, 0) is 16.1 Å². The first-order valence-corrected chi connectivity index (χ1v) is 9.67. The Balaban J connectivity index is 1.41. The Morgan fingerprint density at radius 2 is 2.15 bits per heavy atom. The number of rotatable bonds is 8. The average Bonchev–Trinajstić information content (AvgIpc) is 3.36. The lowest BCUT2D eigenvalue weighted by Gasteiger charge is -2.12. The lowest BCUT2D eigenvalue weighted by molar-refractivity contribution is -0.121. The Bertz CT molecular complexity index is 608. The number of benzene rings is 1. The fourth-order valence-corrected chi connectivity index (χ4v) is 3.52. The second-order valence-electron chi connectivity index (χ2n) is 7.22. The molecule has 0 aliphatic carbocycles. The SMILES string of the molecule is O=C(CCC1CCNC1)NCc1cccc(C(=O)NCC2CCCO2)c1. The molecule has 0 saturated carbocycles. The van der Waals surface area contributed by atoms with E-state index >= 15 is 0 Å². The number of nitrogens with one attached hydrogen (secondary N) is 3. The monoisotopic (exact) mass is 359 g/mol. The van der Waals surface area contributed by atoms with Crippen LogP contribution in [0.2, 0.25) is 0 Å². The van der Waals surface area contributed by atoms with Crippen LogP contribution in [0.3, 0.4) is 0 Å². The topological polar surface area (TPSA) is 79.5 Å². The van der Waals surface area contributed by atoms with Gasteiger partial charge in [0.25, 0.3) is 5.91 Å². The highest BCUT2D eigenvalue weighted by atomic mass is 16.5. The lowest BCUT2D eigenvalue weighted by Crippen LogP contribution is -2.31. The molecule has 2 amide bonds. The number of hydrogen-bond acceptors (Lipinski definition) is 4. The van der Waals surface area contributed by atoms with Crippen LogP contribution in [0.5, 0.6) is 0 Å². The van der Waals surface area contributed by atoms with Gasteiger partial charge in [0.05, 0.1) is 6.10 Å². The van der Waals surface area contributed by atoms with Crippen LogP contribution < -0.4 is 16.0 Å². The van der Waals surface area contributed by atoms with Gasteiger partial charge in [-0.25, -0.2) is 0 Å². The third-order valence-corrected chi connectivity index (χ3v) is 5.14. The first kappa shape index (κ1) is 18.9. The summed E-state index contributed by atoms with van der Waals surface area (Å²) < 4.78 is 5.52. The normalized spacial score (nSPS) is 22.3. The van der Waals surface area contributed by atoms with E-state index in [0.29, 0.717) is 31.0 Å². The van der Waals surface area contributed by atoms with Gasteiger partial charge in [0.2, 0.25) is 5.91 Å². The van der Waals surface area contributed by atoms with Crippen molar-refractivity contribution in [1.29, 1.82) is 0 Å². The van der Waals surface area contributed by atoms with Gasteiger partial charge < -0.3 is 20.7 Å².